The average molecular weight is 524 g/mol. The van der Waals surface area contributed by atoms with Crippen molar-refractivity contribution in [2.45, 2.75) is 21.1 Å². The van der Waals surface area contributed by atoms with Crippen LogP contribution in [-0.4, -0.2) is 11.9 Å². The van der Waals surface area contributed by atoms with Crippen LogP contribution in [0.25, 0.3) is 0 Å². The van der Waals surface area contributed by atoms with Crippen molar-refractivity contribution in [3.05, 3.63) is 97.1 Å². The Labute approximate surface area is 198 Å². The molecule has 0 aliphatic heterocycles. The number of ether oxygens (including phenoxy) is 2. The van der Waals surface area contributed by atoms with Crippen LogP contribution in [0.3, 0.4) is 0 Å². The maximum atomic E-state index is 11.4. The molecule has 0 saturated heterocycles. The van der Waals surface area contributed by atoms with Crippen molar-refractivity contribution in [3.63, 3.8) is 0 Å². The third-order valence-electron chi connectivity index (χ3n) is 5.11. The topological polar surface area (TPSA) is 71.1 Å². The molecular formula is C26H24O6Zr. The van der Waals surface area contributed by atoms with Crippen LogP contribution in [0.5, 0.6) is 23.0 Å². The first-order chi connectivity index (χ1) is 15.9. The summed E-state index contributed by atoms with van der Waals surface area (Å²) < 4.78 is 24.1. The maximum absolute atomic E-state index is 11.4. The standard InChI is InChI=1S/2C8H8O3.2C5H5.Zr/c2*1-6(9)11-8-4-2-3-7(10)5-8;2*1-2-4-5-3-1;/h2*2-5,10H,1H3;2*1-5H;/q;;;;+2/p-2. The summed E-state index contributed by atoms with van der Waals surface area (Å²) in [4.78, 5) is 22.9. The first-order valence-corrected chi connectivity index (χ1v) is 15.4. The predicted molar refractivity (Wildman–Crippen MR) is 121 cm³/mol. The normalized spacial score (nSPS) is 15.1. The first-order valence-electron chi connectivity index (χ1n) is 10.6. The Morgan fingerprint density at radius 2 is 1.00 bits per heavy atom. The van der Waals surface area contributed by atoms with Gasteiger partial charge < -0.3 is 0 Å². The van der Waals surface area contributed by atoms with Crippen LogP contribution in [0.2, 0.25) is 7.25 Å². The fourth-order valence-electron chi connectivity index (χ4n) is 3.82. The summed E-state index contributed by atoms with van der Waals surface area (Å²) in [7, 11) is 0. The van der Waals surface area contributed by atoms with Gasteiger partial charge in [-0.3, -0.25) is 0 Å². The second kappa shape index (κ2) is 10.2. The van der Waals surface area contributed by atoms with E-state index in [1.807, 2.05) is 36.4 Å². The Kier molecular flexibility index (Phi) is 7.09. The van der Waals surface area contributed by atoms with E-state index >= 15 is 0 Å². The van der Waals surface area contributed by atoms with Gasteiger partial charge >= 0.3 is 199 Å². The number of esters is 2. The summed E-state index contributed by atoms with van der Waals surface area (Å²) in [6.45, 7) is 2.72. The molecule has 0 bridgehead atoms. The summed E-state index contributed by atoms with van der Waals surface area (Å²) in [6.07, 6.45) is 16.4. The number of allylic oxidation sites excluding steroid dienone is 8. The van der Waals surface area contributed by atoms with E-state index in [9.17, 15) is 9.59 Å². The Morgan fingerprint density at radius 3 is 1.36 bits per heavy atom. The zero-order valence-corrected chi connectivity index (χ0v) is 20.8. The molecule has 2 aliphatic carbocycles. The molecule has 0 aromatic heterocycles. The fourth-order valence-corrected chi connectivity index (χ4v) is 12.5. The van der Waals surface area contributed by atoms with E-state index < -0.39 is 33.1 Å². The molecule has 0 heterocycles. The SMILES string of the molecule is CC(=O)Oc1cccc([O][Zr]([O]c2cccc(OC(C)=O)c2)([CH]2C=CC=C2)[CH]2C=CC=C2)c1. The third kappa shape index (κ3) is 5.61. The number of hydrogen-bond donors (Lipinski definition) is 0. The Hall–Kier alpha value is -3.18. The summed E-state index contributed by atoms with van der Waals surface area (Å²) >= 11 is -4.17. The molecule has 6 nitrogen and oxygen atoms in total. The van der Waals surface area contributed by atoms with Crippen molar-refractivity contribution in [1.82, 2.24) is 0 Å². The van der Waals surface area contributed by atoms with Crippen molar-refractivity contribution >= 4 is 11.9 Å². The fraction of sp³-hybridized carbons (Fsp3) is 0.154. The first kappa shape index (κ1) is 23.0. The van der Waals surface area contributed by atoms with E-state index in [0.29, 0.717) is 23.0 Å². The van der Waals surface area contributed by atoms with Gasteiger partial charge in [0.05, 0.1) is 0 Å². The van der Waals surface area contributed by atoms with Crippen molar-refractivity contribution in [2.75, 3.05) is 0 Å². The second-order valence-electron chi connectivity index (χ2n) is 7.65. The van der Waals surface area contributed by atoms with Crippen molar-refractivity contribution in [2.24, 2.45) is 0 Å². The minimum absolute atomic E-state index is 0.0218. The van der Waals surface area contributed by atoms with Gasteiger partial charge in [0.2, 0.25) is 0 Å². The molecule has 2 aromatic rings. The quantitative estimate of drug-likeness (QED) is 0.321. The number of carbonyl (C=O) groups is 2. The van der Waals surface area contributed by atoms with E-state index in [-0.39, 0.29) is 7.25 Å². The van der Waals surface area contributed by atoms with Crippen LogP contribution < -0.4 is 15.1 Å². The Morgan fingerprint density at radius 1 is 0.636 bits per heavy atom. The minimum atomic E-state index is -4.17. The molecule has 0 unspecified atom stereocenters. The molecule has 4 rings (SSSR count). The van der Waals surface area contributed by atoms with Crippen molar-refractivity contribution in [3.8, 4) is 23.0 Å². The van der Waals surface area contributed by atoms with Crippen LogP contribution in [0.4, 0.5) is 0 Å². The predicted octanol–water partition coefficient (Wildman–Crippen LogP) is 5.81. The van der Waals surface area contributed by atoms with Gasteiger partial charge in [0.25, 0.3) is 0 Å². The molecule has 33 heavy (non-hydrogen) atoms. The summed E-state index contributed by atoms with van der Waals surface area (Å²) in [5, 5.41) is 0. The average Bonchev–Trinajstić information content (AvgIpc) is 3.48. The molecule has 0 N–H and O–H groups in total. The number of carbonyl (C=O) groups excluding carboxylic acids is 2. The molecule has 0 saturated carbocycles. The molecule has 0 fully saturated rings. The zero-order chi connectivity index (χ0) is 23.3. The molecule has 0 radical (unpaired) electrons. The van der Waals surface area contributed by atoms with Crippen LogP contribution >= 0.6 is 0 Å². The van der Waals surface area contributed by atoms with E-state index in [0.717, 1.165) is 0 Å². The molecule has 0 atom stereocenters. The van der Waals surface area contributed by atoms with Gasteiger partial charge in [0, 0.05) is 0 Å². The molecule has 0 amide bonds. The zero-order valence-electron chi connectivity index (χ0n) is 18.3. The van der Waals surface area contributed by atoms with Gasteiger partial charge in [-0.15, -0.1) is 0 Å². The van der Waals surface area contributed by atoms with Crippen molar-refractivity contribution in [1.29, 1.82) is 0 Å². The summed E-state index contributed by atoms with van der Waals surface area (Å²) in [5.41, 5.74) is 0. The van der Waals surface area contributed by atoms with Gasteiger partial charge in [-0.25, -0.2) is 0 Å². The number of rotatable bonds is 8. The molecule has 2 aromatic carbocycles. The summed E-state index contributed by atoms with van der Waals surface area (Å²) in [5.74, 6) is 1.16. The van der Waals surface area contributed by atoms with Gasteiger partial charge in [-0.1, -0.05) is 0 Å². The monoisotopic (exact) mass is 522 g/mol. The molecule has 0 spiro atoms. The van der Waals surface area contributed by atoms with Crippen molar-refractivity contribution < 1.29 is 45.8 Å². The van der Waals surface area contributed by atoms with E-state index in [4.69, 9.17) is 15.1 Å². The molecule has 7 heteroatoms. The van der Waals surface area contributed by atoms with Gasteiger partial charge in [-0.2, -0.15) is 0 Å². The summed E-state index contributed by atoms with van der Waals surface area (Å²) in [6, 6.07) is 14.1. The Bertz CT molecular complexity index is 1050. The van der Waals surface area contributed by atoms with Gasteiger partial charge in [0.1, 0.15) is 0 Å². The molecule has 2 aliphatic rings. The van der Waals surface area contributed by atoms with Crippen LogP contribution in [-0.2, 0) is 30.7 Å². The number of hydrogen-bond acceptors (Lipinski definition) is 6. The molecule has 168 valence electrons. The molecular weight excluding hydrogens is 500 g/mol. The Balaban J connectivity index is 1.75. The van der Waals surface area contributed by atoms with Crippen LogP contribution in [0.1, 0.15) is 13.8 Å². The van der Waals surface area contributed by atoms with E-state index in [1.165, 1.54) is 13.8 Å². The third-order valence-corrected chi connectivity index (χ3v) is 14.3. The van der Waals surface area contributed by atoms with Crippen LogP contribution in [0, 0.1) is 0 Å². The second-order valence-corrected chi connectivity index (χ2v) is 15.5. The van der Waals surface area contributed by atoms with Gasteiger partial charge in [0.15, 0.2) is 0 Å². The van der Waals surface area contributed by atoms with Crippen LogP contribution in [0.15, 0.2) is 97.1 Å². The van der Waals surface area contributed by atoms with E-state index in [1.54, 1.807) is 36.4 Å². The number of benzene rings is 2. The van der Waals surface area contributed by atoms with E-state index in [2.05, 4.69) is 24.3 Å². The van der Waals surface area contributed by atoms with Gasteiger partial charge in [-0.05, 0) is 0 Å².